The van der Waals surface area contributed by atoms with E-state index in [1.165, 1.54) is 0 Å². The van der Waals surface area contributed by atoms with Crippen molar-refractivity contribution in [2.24, 2.45) is 0 Å². The summed E-state index contributed by atoms with van der Waals surface area (Å²) in [4.78, 5) is 27.0. The van der Waals surface area contributed by atoms with Gasteiger partial charge in [-0.3, -0.25) is 14.5 Å². The molecule has 19 heavy (non-hydrogen) atoms. The first-order valence-corrected chi connectivity index (χ1v) is 6.68. The van der Waals surface area contributed by atoms with Crippen molar-refractivity contribution in [1.82, 2.24) is 4.90 Å². The predicted octanol–water partition coefficient (Wildman–Crippen LogP) is 1.81. The van der Waals surface area contributed by atoms with Crippen LogP contribution in [-0.2, 0) is 4.74 Å². The van der Waals surface area contributed by atoms with E-state index in [0.717, 1.165) is 5.56 Å². The van der Waals surface area contributed by atoms with Crippen LogP contribution in [0.1, 0.15) is 40.1 Å². The van der Waals surface area contributed by atoms with E-state index < -0.39 is 11.8 Å². The van der Waals surface area contributed by atoms with Gasteiger partial charge in [-0.25, -0.2) is 0 Å². The van der Waals surface area contributed by atoms with Crippen molar-refractivity contribution in [2.45, 2.75) is 32.6 Å². The highest BCUT2D eigenvalue weighted by Gasteiger charge is 2.71. The molecular formula is C15H17NO3. The Labute approximate surface area is 112 Å². The van der Waals surface area contributed by atoms with Gasteiger partial charge >= 0.3 is 0 Å². The summed E-state index contributed by atoms with van der Waals surface area (Å²) < 4.78 is 5.58. The number of nitrogens with zero attached hydrogens (tertiary/aromatic N) is 1. The lowest BCUT2D eigenvalue weighted by molar-refractivity contribution is 0.0537. The number of fused-ring (bicyclic) bond motifs is 2. The van der Waals surface area contributed by atoms with Crippen LogP contribution in [0.5, 0.6) is 0 Å². The molecule has 0 spiro atoms. The summed E-state index contributed by atoms with van der Waals surface area (Å²) in [5.74, 6) is -0.138. The number of rotatable bonds is 3. The topological polar surface area (TPSA) is 49.9 Å². The first-order chi connectivity index (χ1) is 9.06. The second-order valence-corrected chi connectivity index (χ2v) is 5.11. The molecule has 100 valence electrons. The van der Waals surface area contributed by atoms with Crippen LogP contribution in [-0.4, -0.2) is 41.4 Å². The molecule has 0 saturated carbocycles. The second kappa shape index (κ2) is 3.99. The number of carbonyl (C=O) groups excluding carboxylic acids is 2. The molecule has 1 aromatic carbocycles. The lowest BCUT2D eigenvalue weighted by Crippen LogP contribution is -2.50. The van der Waals surface area contributed by atoms with E-state index in [2.05, 4.69) is 0 Å². The van der Waals surface area contributed by atoms with Gasteiger partial charge in [-0.05, 0) is 26.1 Å². The average molecular weight is 259 g/mol. The Hall–Kier alpha value is -1.52. The maximum Gasteiger partial charge on any atom is 0.221 e. The Morgan fingerprint density at radius 2 is 1.89 bits per heavy atom. The van der Waals surface area contributed by atoms with Crippen LogP contribution >= 0.6 is 0 Å². The smallest absolute Gasteiger partial charge is 0.221 e. The van der Waals surface area contributed by atoms with E-state index >= 15 is 0 Å². The lowest BCUT2D eigenvalue weighted by atomic mass is 9.84. The van der Waals surface area contributed by atoms with Gasteiger partial charge in [0.25, 0.3) is 0 Å². The summed E-state index contributed by atoms with van der Waals surface area (Å²) in [5.41, 5.74) is 0.963. The second-order valence-electron chi connectivity index (χ2n) is 5.11. The summed E-state index contributed by atoms with van der Waals surface area (Å²) in [6, 6.07) is 5.39. The third-order valence-electron chi connectivity index (χ3n) is 4.08. The standard InChI is InChI=1S/C15H17NO3/c1-4-16(5-2)15-13(18)10-7-6-9(3)8-11(10)12(17)14(15)19-15/h6-8,14H,4-5H2,1-3H3. The van der Waals surface area contributed by atoms with Crippen LogP contribution in [0.3, 0.4) is 0 Å². The van der Waals surface area contributed by atoms with Gasteiger partial charge in [-0.2, -0.15) is 0 Å². The van der Waals surface area contributed by atoms with E-state index in [0.29, 0.717) is 24.2 Å². The van der Waals surface area contributed by atoms with Crippen LogP contribution in [0.25, 0.3) is 0 Å². The highest BCUT2D eigenvalue weighted by Crippen LogP contribution is 2.48. The fraction of sp³-hybridized carbons (Fsp3) is 0.467. The quantitative estimate of drug-likeness (QED) is 0.777. The number of hydrogen-bond acceptors (Lipinski definition) is 4. The van der Waals surface area contributed by atoms with Crippen LogP contribution in [0.2, 0.25) is 0 Å². The number of carbonyl (C=O) groups is 2. The van der Waals surface area contributed by atoms with Gasteiger partial charge in [0.2, 0.25) is 11.5 Å². The van der Waals surface area contributed by atoms with Crippen molar-refractivity contribution in [3.05, 3.63) is 34.9 Å². The minimum Gasteiger partial charge on any atom is -0.333 e. The van der Waals surface area contributed by atoms with Gasteiger partial charge in [0, 0.05) is 11.1 Å². The molecule has 2 atom stereocenters. The van der Waals surface area contributed by atoms with Crippen LogP contribution < -0.4 is 0 Å². The van der Waals surface area contributed by atoms with Crippen molar-refractivity contribution >= 4 is 11.6 Å². The van der Waals surface area contributed by atoms with E-state index in [9.17, 15) is 9.59 Å². The number of ketones is 2. The normalized spacial score (nSPS) is 28.3. The molecule has 1 aliphatic carbocycles. The Balaban J connectivity index is 2.11. The zero-order valence-corrected chi connectivity index (χ0v) is 11.4. The molecule has 4 nitrogen and oxygen atoms in total. The van der Waals surface area contributed by atoms with Gasteiger partial charge in [0.05, 0.1) is 0 Å². The van der Waals surface area contributed by atoms with Crippen LogP contribution in [0.15, 0.2) is 18.2 Å². The molecule has 1 aromatic rings. The molecule has 3 rings (SSSR count). The number of aryl methyl sites for hydroxylation is 1. The third kappa shape index (κ3) is 1.47. The first kappa shape index (κ1) is 12.5. The SMILES string of the molecule is CCN(CC)C12OC1C(=O)c1cc(C)ccc1C2=O. The summed E-state index contributed by atoms with van der Waals surface area (Å²) >= 11 is 0. The average Bonchev–Trinajstić information content (AvgIpc) is 3.14. The van der Waals surface area contributed by atoms with Crippen LogP contribution in [0.4, 0.5) is 0 Å². The molecule has 0 aromatic heterocycles. The van der Waals surface area contributed by atoms with Crippen LogP contribution in [0, 0.1) is 6.92 Å². The Morgan fingerprint density at radius 1 is 1.21 bits per heavy atom. The molecule has 1 aliphatic heterocycles. The van der Waals surface area contributed by atoms with Crippen molar-refractivity contribution in [1.29, 1.82) is 0 Å². The number of epoxide rings is 1. The summed E-state index contributed by atoms with van der Waals surface area (Å²) in [6.07, 6.45) is -0.616. The third-order valence-corrected chi connectivity index (χ3v) is 4.08. The molecule has 1 fully saturated rings. The number of ether oxygens (including phenoxy) is 1. The van der Waals surface area contributed by atoms with E-state index in [1.54, 1.807) is 12.1 Å². The monoisotopic (exact) mass is 259 g/mol. The Kier molecular flexibility index (Phi) is 2.62. The Bertz CT molecular complexity index is 577. The van der Waals surface area contributed by atoms with E-state index in [1.807, 2.05) is 31.7 Å². The number of hydrogen-bond donors (Lipinski definition) is 0. The molecule has 2 aliphatic rings. The predicted molar refractivity (Wildman–Crippen MR) is 70.4 cm³/mol. The van der Waals surface area contributed by atoms with Crippen molar-refractivity contribution in [2.75, 3.05) is 13.1 Å². The van der Waals surface area contributed by atoms with Gasteiger partial charge in [0.15, 0.2) is 11.9 Å². The van der Waals surface area contributed by atoms with Crippen molar-refractivity contribution in [3.8, 4) is 0 Å². The summed E-state index contributed by atoms with van der Waals surface area (Å²) in [5, 5.41) is 0. The minimum atomic E-state index is -1.02. The van der Waals surface area contributed by atoms with Gasteiger partial charge < -0.3 is 4.74 Å². The highest BCUT2D eigenvalue weighted by molar-refractivity contribution is 6.22. The van der Waals surface area contributed by atoms with E-state index in [-0.39, 0.29) is 11.6 Å². The molecular weight excluding hydrogens is 242 g/mol. The van der Waals surface area contributed by atoms with Gasteiger partial charge in [-0.1, -0.05) is 31.5 Å². The van der Waals surface area contributed by atoms with Crippen molar-refractivity contribution < 1.29 is 14.3 Å². The highest BCUT2D eigenvalue weighted by atomic mass is 16.6. The maximum absolute atomic E-state index is 12.7. The molecule has 1 saturated heterocycles. The minimum absolute atomic E-state index is 0.0646. The van der Waals surface area contributed by atoms with Gasteiger partial charge in [-0.15, -0.1) is 0 Å². The lowest BCUT2D eigenvalue weighted by Gasteiger charge is -2.28. The number of likely N-dealkylation sites (N-methyl/N-ethyl adjacent to an activating group) is 1. The molecule has 0 bridgehead atoms. The largest absolute Gasteiger partial charge is 0.333 e. The fourth-order valence-corrected chi connectivity index (χ4v) is 3.02. The number of Topliss-reactive ketones (excluding diaryl/α,β-unsaturated/α-hetero) is 2. The molecule has 1 heterocycles. The zero-order valence-electron chi connectivity index (χ0n) is 11.4. The zero-order chi connectivity index (χ0) is 13.8. The summed E-state index contributed by atoms with van der Waals surface area (Å²) in [7, 11) is 0. The van der Waals surface area contributed by atoms with Crippen molar-refractivity contribution in [3.63, 3.8) is 0 Å². The fourth-order valence-electron chi connectivity index (χ4n) is 3.02. The first-order valence-electron chi connectivity index (χ1n) is 6.68. The Morgan fingerprint density at radius 3 is 2.53 bits per heavy atom. The number of benzene rings is 1. The van der Waals surface area contributed by atoms with E-state index in [4.69, 9.17) is 4.74 Å². The molecule has 0 radical (unpaired) electrons. The maximum atomic E-state index is 12.7. The molecule has 0 N–H and O–H groups in total. The van der Waals surface area contributed by atoms with Gasteiger partial charge in [0.1, 0.15) is 0 Å². The molecule has 4 heteroatoms. The molecule has 0 amide bonds. The molecule has 2 unspecified atom stereocenters. The summed E-state index contributed by atoms with van der Waals surface area (Å²) in [6.45, 7) is 7.23.